The second kappa shape index (κ2) is 6.08. The van der Waals surface area contributed by atoms with Gasteiger partial charge in [0.15, 0.2) is 0 Å². The first-order chi connectivity index (χ1) is 8.94. The number of carbonyl (C=O) groups excluding carboxylic acids is 1. The fourth-order valence-electron chi connectivity index (χ4n) is 2.44. The highest BCUT2D eigenvalue weighted by Gasteiger charge is 2.29. The van der Waals surface area contributed by atoms with Gasteiger partial charge < -0.3 is 11.1 Å². The van der Waals surface area contributed by atoms with Crippen LogP contribution in [0.25, 0.3) is 0 Å². The molecule has 1 aromatic rings. The minimum Gasteiger partial charge on any atom is -0.395 e. The third kappa shape index (κ3) is 2.91. The zero-order valence-electron chi connectivity index (χ0n) is 12.7. The summed E-state index contributed by atoms with van der Waals surface area (Å²) in [6.45, 7) is 8.26. The second-order valence-electron chi connectivity index (χ2n) is 4.98. The Morgan fingerprint density at radius 2 is 1.79 bits per heavy atom. The average Bonchev–Trinajstić information content (AvgIpc) is 2.70. The lowest BCUT2D eigenvalue weighted by molar-refractivity contribution is 0.0879. The number of nitrogens with zero attached hydrogens (tertiary/aromatic N) is 2. The third-order valence-corrected chi connectivity index (χ3v) is 4.12. The maximum Gasteiger partial charge on any atom is 0.272 e. The van der Waals surface area contributed by atoms with Crippen LogP contribution in [-0.2, 0) is 13.5 Å². The van der Waals surface area contributed by atoms with Crippen molar-refractivity contribution in [3.63, 3.8) is 0 Å². The summed E-state index contributed by atoms with van der Waals surface area (Å²) in [6, 6.07) is 0. The summed E-state index contributed by atoms with van der Waals surface area (Å²) < 4.78 is 1.58. The Labute approximate surface area is 115 Å². The van der Waals surface area contributed by atoms with E-state index in [-0.39, 0.29) is 11.4 Å². The van der Waals surface area contributed by atoms with Crippen LogP contribution < -0.4 is 11.1 Å². The van der Waals surface area contributed by atoms with Gasteiger partial charge in [0.25, 0.3) is 5.91 Å². The van der Waals surface area contributed by atoms with Crippen molar-refractivity contribution >= 4 is 11.6 Å². The minimum absolute atomic E-state index is 0.127. The van der Waals surface area contributed by atoms with Crippen LogP contribution >= 0.6 is 0 Å². The summed E-state index contributed by atoms with van der Waals surface area (Å²) in [4.78, 5) is 12.5. The molecule has 1 heterocycles. The van der Waals surface area contributed by atoms with Crippen molar-refractivity contribution in [3.05, 3.63) is 11.4 Å². The Morgan fingerprint density at radius 1 is 1.26 bits per heavy atom. The molecule has 0 bridgehead atoms. The minimum atomic E-state index is -0.153. The highest BCUT2D eigenvalue weighted by atomic mass is 16.2. The van der Waals surface area contributed by atoms with Crippen molar-refractivity contribution in [2.45, 2.75) is 58.9 Å². The molecule has 0 saturated carbocycles. The van der Waals surface area contributed by atoms with Gasteiger partial charge in [-0.1, -0.05) is 27.7 Å². The van der Waals surface area contributed by atoms with Crippen LogP contribution in [0.15, 0.2) is 0 Å². The van der Waals surface area contributed by atoms with Crippen molar-refractivity contribution in [1.82, 2.24) is 15.1 Å². The summed E-state index contributed by atoms with van der Waals surface area (Å²) in [5.41, 5.74) is 7.61. The zero-order chi connectivity index (χ0) is 14.6. The molecule has 0 aliphatic rings. The predicted molar refractivity (Wildman–Crippen MR) is 78.1 cm³/mol. The van der Waals surface area contributed by atoms with E-state index in [2.05, 4.69) is 31.2 Å². The molecule has 1 amide bonds. The quantitative estimate of drug-likeness (QED) is 0.829. The molecule has 0 saturated heterocycles. The van der Waals surface area contributed by atoms with E-state index >= 15 is 0 Å². The number of hydrogen-bond donors (Lipinski definition) is 2. The first-order valence-electron chi connectivity index (χ1n) is 7.08. The van der Waals surface area contributed by atoms with Crippen LogP contribution in [0.2, 0.25) is 0 Å². The molecule has 3 N–H and O–H groups in total. The van der Waals surface area contributed by atoms with E-state index in [9.17, 15) is 4.79 Å². The second-order valence-corrected chi connectivity index (χ2v) is 4.98. The van der Waals surface area contributed by atoms with Crippen molar-refractivity contribution in [1.29, 1.82) is 0 Å². The van der Waals surface area contributed by atoms with Crippen molar-refractivity contribution in [2.24, 2.45) is 7.05 Å². The maximum absolute atomic E-state index is 12.5. The predicted octanol–water partition coefficient (Wildman–Crippen LogP) is 2.26. The highest BCUT2D eigenvalue weighted by Crippen LogP contribution is 2.22. The number of nitrogens with two attached hydrogens (primary N) is 1. The topological polar surface area (TPSA) is 72.9 Å². The van der Waals surface area contributed by atoms with Crippen LogP contribution in [0.1, 0.15) is 63.1 Å². The van der Waals surface area contributed by atoms with Crippen molar-refractivity contribution in [2.75, 3.05) is 5.73 Å². The van der Waals surface area contributed by atoms with Crippen molar-refractivity contribution in [3.8, 4) is 0 Å². The largest absolute Gasteiger partial charge is 0.395 e. The van der Waals surface area contributed by atoms with Gasteiger partial charge in [-0.3, -0.25) is 9.48 Å². The number of rotatable bonds is 6. The van der Waals surface area contributed by atoms with Gasteiger partial charge in [0.05, 0.1) is 11.4 Å². The van der Waals surface area contributed by atoms with Gasteiger partial charge in [-0.2, -0.15) is 5.10 Å². The number of carbonyl (C=O) groups is 1. The van der Waals surface area contributed by atoms with E-state index in [0.717, 1.165) is 31.4 Å². The molecule has 0 radical (unpaired) electrons. The van der Waals surface area contributed by atoms with Crippen molar-refractivity contribution < 1.29 is 4.79 Å². The van der Waals surface area contributed by atoms with E-state index in [1.807, 2.05) is 6.92 Å². The van der Waals surface area contributed by atoms with Crippen LogP contribution in [0, 0.1) is 0 Å². The Balaban J connectivity index is 3.04. The Kier molecular flexibility index (Phi) is 4.97. The van der Waals surface area contributed by atoms with E-state index < -0.39 is 0 Å². The molecule has 108 valence electrons. The summed E-state index contributed by atoms with van der Waals surface area (Å²) >= 11 is 0. The molecule has 0 atom stereocenters. The Morgan fingerprint density at radius 3 is 2.16 bits per heavy atom. The van der Waals surface area contributed by atoms with Gasteiger partial charge in [-0.25, -0.2) is 0 Å². The summed E-state index contributed by atoms with van der Waals surface area (Å²) in [6.07, 6.45) is 3.45. The smallest absolute Gasteiger partial charge is 0.272 e. The summed E-state index contributed by atoms with van der Waals surface area (Å²) in [7, 11) is 1.76. The lowest BCUT2D eigenvalue weighted by Crippen LogP contribution is -2.47. The number of nitrogen functional groups attached to an aromatic ring is 1. The van der Waals surface area contributed by atoms with E-state index in [1.54, 1.807) is 11.7 Å². The van der Waals surface area contributed by atoms with Crippen LogP contribution in [0.3, 0.4) is 0 Å². The first kappa shape index (κ1) is 15.5. The van der Waals surface area contributed by atoms with Gasteiger partial charge in [0, 0.05) is 12.6 Å². The van der Waals surface area contributed by atoms with Gasteiger partial charge in [-0.15, -0.1) is 0 Å². The van der Waals surface area contributed by atoms with E-state index in [1.165, 1.54) is 0 Å². The molecular weight excluding hydrogens is 240 g/mol. The van der Waals surface area contributed by atoms with Gasteiger partial charge in [-0.05, 0) is 25.7 Å². The van der Waals surface area contributed by atoms with Gasteiger partial charge >= 0.3 is 0 Å². The van der Waals surface area contributed by atoms with Gasteiger partial charge in [0.2, 0.25) is 0 Å². The van der Waals surface area contributed by atoms with Crippen LogP contribution in [0.5, 0.6) is 0 Å². The number of aromatic nitrogens is 2. The molecule has 0 fully saturated rings. The number of nitrogens with one attached hydrogen (secondary N) is 1. The fourth-order valence-corrected chi connectivity index (χ4v) is 2.44. The maximum atomic E-state index is 12.5. The van der Waals surface area contributed by atoms with Crippen LogP contribution in [-0.4, -0.2) is 21.2 Å². The molecule has 5 heteroatoms. The monoisotopic (exact) mass is 266 g/mol. The molecule has 1 rings (SSSR count). The molecule has 5 nitrogen and oxygen atoms in total. The lowest BCUT2D eigenvalue weighted by Gasteiger charge is -2.31. The SMILES string of the molecule is CCc1nn(C)c(C(=O)NC(CC)(CC)CC)c1N. The standard InChI is InChI=1S/C14H26N4O/c1-6-10-11(15)12(18(5)17-10)13(19)16-14(7-2,8-3)9-4/h6-9,15H2,1-5H3,(H,16,19). The number of anilines is 1. The number of hydrogen-bond acceptors (Lipinski definition) is 3. The zero-order valence-corrected chi connectivity index (χ0v) is 12.7. The number of amides is 1. The fraction of sp³-hybridized carbons (Fsp3) is 0.714. The molecule has 0 aromatic carbocycles. The molecule has 0 aliphatic carbocycles. The highest BCUT2D eigenvalue weighted by molar-refractivity contribution is 5.98. The summed E-state index contributed by atoms with van der Waals surface area (Å²) in [5.74, 6) is -0.127. The van der Waals surface area contributed by atoms with Gasteiger partial charge in [0.1, 0.15) is 5.69 Å². The van der Waals surface area contributed by atoms with E-state index in [0.29, 0.717) is 11.4 Å². The first-order valence-corrected chi connectivity index (χ1v) is 7.08. The van der Waals surface area contributed by atoms with E-state index in [4.69, 9.17) is 5.73 Å². The Hall–Kier alpha value is -1.52. The molecule has 0 spiro atoms. The third-order valence-electron chi connectivity index (χ3n) is 4.12. The molecule has 19 heavy (non-hydrogen) atoms. The molecule has 0 aliphatic heterocycles. The number of aryl methyl sites for hydroxylation is 2. The molecular formula is C14H26N4O. The average molecular weight is 266 g/mol. The van der Waals surface area contributed by atoms with Crippen LogP contribution in [0.4, 0.5) is 5.69 Å². The Bertz CT molecular complexity index is 438. The molecule has 0 unspecified atom stereocenters. The normalized spacial score (nSPS) is 11.6. The lowest BCUT2D eigenvalue weighted by atomic mass is 9.89. The summed E-state index contributed by atoms with van der Waals surface area (Å²) in [5, 5.41) is 7.42. The molecule has 1 aromatic heterocycles.